The molecule has 0 atom stereocenters. The van der Waals surface area contributed by atoms with Gasteiger partial charge in [0, 0.05) is 12.4 Å². The fraction of sp³-hybridized carbons (Fsp3) is 0.500. The van der Waals surface area contributed by atoms with Crippen LogP contribution >= 0.6 is 0 Å². The van der Waals surface area contributed by atoms with Crippen LogP contribution in [0.5, 0.6) is 0 Å². The fourth-order valence-electron chi connectivity index (χ4n) is 0.638. The first-order valence-electron chi connectivity index (χ1n) is 2.82. The standard InChI is InChI=1S/C6H10N3/c1-8(2)6-9-4-3-7-5-9/h3-4H,6H2,1-2H3. The van der Waals surface area contributed by atoms with Gasteiger partial charge in [0.2, 0.25) is 0 Å². The van der Waals surface area contributed by atoms with Crippen molar-refractivity contribution < 1.29 is 0 Å². The number of hydrogen-bond acceptors (Lipinski definition) is 2. The molecule has 0 saturated carbocycles. The Morgan fingerprint density at radius 2 is 2.44 bits per heavy atom. The van der Waals surface area contributed by atoms with Crippen LogP contribution < -0.4 is 0 Å². The van der Waals surface area contributed by atoms with E-state index in [1.807, 2.05) is 24.9 Å². The summed E-state index contributed by atoms with van der Waals surface area (Å²) in [5.41, 5.74) is 0. The Hall–Kier alpha value is -0.830. The average Bonchev–Trinajstić information content (AvgIpc) is 2.15. The molecule has 1 aromatic rings. The second-order valence-corrected chi connectivity index (χ2v) is 2.22. The summed E-state index contributed by atoms with van der Waals surface area (Å²) < 4.78 is 1.89. The Kier molecular flexibility index (Phi) is 1.85. The minimum atomic E-state index is 0.847. The zero-order valence-corrected chi connectivity index (χ0v) is 5.70. The van der Waals surface area contributed by atoms with Crippen LogP contribution in [0.2, 0.25) is 0 Å². The van der Waals surface area contributed by atoms with Crippen LogP contribution in [0.3, 0.4) is 0 Å². The number of aromatic nitrogens is 2. The lowest BCUT2D eigenvalue weighted by atomic mass is 10.8. The Morgan fingerprint density at radius 1 is 1.67 bits per heavy atom. The van der Waals surface area contributed by atoms with Gasteiger partial charge in [0.05, 0.1) is 6.67 Å². The van der Waals surface area contributed by atoms with Crippen LogP contribution in [0.25, 0.3) is 0 Å². The van der Waals surface area contributed by atoms with E-state index in [-0.39, 0.29) is 0 Å². The van der Waals surface area contributed by atoms with Crippen LogP contribution in [-0.4, -0.2) is 28.5 Å². The molecular formula is C6H10N3. The number of hydrogen-bond donors (Lipinski definition) is 0. The van der Waals surface area contributed by atoms with Crippen LogP contribution in [0.1, 0.15) is 0 Å². The molecule has 1 rings (SSSR count). The van der Waals surface area contributed by atoms with E-state index < -0.39 is 0 Å². The Morgan fingerprint density at radius 3 is 2.89 bits per heavy atom. The maximum absolute atomic E-state index is 3.79. The first-order chi connectivity index (χ1) is 4.29. The molecule has 0 aliphatic heterocycles. The van der Waals surface area contributed by atoms with Gasteiger partial charge >= 0.3 is 0 Å². The van der Waals surface area contributed by atoms with Gasteiger partial charge in [0.25, 0.3) is 0 Å². The van der Waals surface area contributed by atoms with Gasteiger partial charge in [-0.1, -0.05) is 0 Å². The van der Waals surface area contributed by atoms with Gasteiger partial charge in [-0.2, -0.15) is 0 Å². The van der Waals surface area contributed by atoms with Crippen molar-refractivity contribution in [3.63, 3.8) is 0 Å². The summed E-state index contributed by atoms with van der Waals surface area (Å²) in [7, 11) is 4.02. The van der Waals surface area contributed by atoms with E-state index in [0.717, 1.165) is 6.67 Å². The Labute approximate surface area is 54.9 Å². The predicted octanol–water partition coefficient (Wildman–Crippen LogP) is 0.202. The highest BCUT2D eigenvalue weighted by Gasteiger charge is 1.89. The van der Waals surface area contributed by atoms with E-state index in [2.05, 4.69) is 16.2 Å². The van der Waals surface area contributed by atoms with Gasteiger partial charge in [0.1, 0.15) is 0 Å². The highest BCUT2D eigenvalue weighted by molar-refractivity contribution is 4.71. The van der Waals surface area contributed by atoms with Gasteiger partial charge in [-0.05, 0) is 14.1 Å². The first-order valence-corrected chi connectivity index (χ1v) is 2.82. The highest BCUT2D eigenvalue weighted by Crippen LogP contribution is 1.85. The molecule has 1 aromatic heterocycles. The second-order valence-electron chi connectivity index (χ2n) is 2.22. The minimum absolute atomic E-state index is 0.847. The lowest BCUT2D eigenvalue weighted by Gasteiger charge is -2.08. The average molecular weight is 124 g/mol. The molecule has 1 heterocycles. The third-order valence-electron chi connectivity index (χ3n) is 0.943. The first kappa shape index (κ1) is 6.29. The predicted molar refractivity (Wildman–Crippen MR) is 34.8 cm³/mol. The maximum Gasteiger partial charge on any atom is 0.177 e. The largest absolute Gasteiger partial charge is 0.315 e. The van der Waals surface area contributed by atoms with Crippen molar-refractivity contribution in [1.29, 1.82) is 0 Å². The lowest BCUT2D eigenvalue weighted by Crippen LogP contribution is -2.15. The number of rotatable bonds is 2. The normalized spacial score (nSPS) is 10.6. The summed E-state index contributed by atoms with van der Waals surface area (Å²) >= 11 is 0. The molecular weight excluding hydrogens is 114 g/mol. The smallest absolute Gasteiger partial charge is 0.177 e. The van der Waals surface area contributed by atoms with E-state index in [4.69, 9.17) is 0 Å². The Bertz CT molecular complexity index is 155. The number of nitrogens with zero attached hydrogens (tertiary/aromatic N) is 3. The molecule has 0 aliphatic carbocycles. The van der Waals surface area contributed by atoms with Crippen LogP contribution in [0.15, 0.2) is 12.4 Å². The van der Waals surface area contributed by atoms with Crippen molar-refractivity contribution in [1.82, 2.24) is 14.5 Å². The van der Waals surface area contributed by atoms with Gasteiger partial charge in [-0.3, -0.25) is 4.90 Å². The summed E-state index contributed by atoms with van der Waals surface area (Å²) in [6.45, 7) is 0.847. The van der Waals surface area contributed by atoms with Gasteiger partial charge < -0.3 is 4.57 Å². The molecule has 9 heavy (non-hydrogen) atoms. The molecule has 3 heteroatoms. The van der Waals surface area contributed by atoms with Crippen LogP contribution in [-0.2, 0) is 6.67 Å². The lowest BCUT2D eigenvalue weighted by molar-refractivity contribution is 0.325. The van der Waals surface area contributed by atoms with E-state index >= 15 is 0 Å². The van der Waals surface area contributed by atoms with E-state index in [0.29, 0.717) is 0 Å². The molecule has 0 saturated heterocycles. The van der Waals surface area contributed by atoms with E-state index in [9.17, 15) is 0 Å². The summed E-state index contributed by atoms with van der Waals surface area (Å²) in [5, 5.41) is 0. The van der Waals surface area contributed by atoms with E-state index in [1.54, 1.807) is 6.20 Å². The molecule has 3 nitrogen and oxygen atoms in total. The quantitative estimate of drug-likeness (QED) is 0.561. The third kappa shape index (κ3) is 1.85. The monoisotopic (exact) mass is 124 g/mol. The van der Waals surface area contributed by atoms with Gasteiger partial charge in [-0.15, -0.1) is 0 Å². The molecule has 0 unspecified atom stereocenters. The molecule has 0 amide bonds. The van der Waals surface area contributed by atoms with Crippen LogP contribution in [0.4, 0.5) is 0 Å². The van der Waals surface area contributed by atoms with Crippen molar-refractivity contribution in [2.45, 2.75) is 6.67 Å². The van der Waals surface area contributed by atoms with Crippen molar-refractivity contribution in [3.8, 4) is 0 Å². The molecule has 49 valence electrons. The molecule has 1 radical (unpaired) electrons. The molecule has 0 N–H and O–H groups in total. The van der Waals surface area contributed by atoms with Crippen molar-refractivity contribution >= 4 is 0 Å². The molecule has 0 bridgehead atoms. The third-order valence-corrected chi connectivity index (χ3v) is 0.943. The minimum Gasteiger partial charge on any atom is -0.315 e. The van der Waals surface area contributed by atoms with Gasteiger partial charge in [0.15, 0.2) is 6.33 Å². The summed E-state index contributed by atoms with van der Waals surface area (Å²) in [6, 6.07) is 0. The topological polar surface area (TPSA) is 21.1 Å². The second kappa shape index (κ2) is 2.64. The van der Waals surface area contributed by atoms with E-state index in [1.165, 1.54) is 0 Å². The van der Waals surface area contributed by atoms with Crippen molar-refractivity contribution in [2.24, 2.45) is 0 Å². The molecule has 0 aliphatic rings. The maximum atomic E-state index is 3.79. The summed E-state index contributed by atoms with van der Waals surface area (Å²) in [5.74, 6) is 0. The number of imidazole rings is 1. The van der Waals surface area contributed by atoms with Crippen LogP contribution in [0, 0.1) is 6.33 Å². The Balaban J connectivity index is 2.48. The molecule has 0 spiro atoms. The summed E-state index contributed by atoms with van der Waals surface area (Å²) in [6.07, 6.45) is 6.41. The highest BCUT2D eigenvalue weighted by atomic mass is 15.2. The zero-order chi connectivity index (χ0) is 6.69. The van der Waals surface area contributed by atoms with Crippen molar-refractivity contribution in [2.75, 3.05) is 14.1 Å². The fourth-order valence-corrected chi connectivity index (χ4v) is 0.638. The SMILES string of the molecule is CN(C)Cn1[c]ncc1. The molecule has 0 fully saturated rings. The zero-order valence-electron chi connectivity index (χ0n) is 5.70. The van der Waals surface area contributed by atoms with Gasteiger partial charge in [-0.25, -0.2) is 4.98 Å². The van der Waals surface area contributed by atoms with Crippen molar-refractivity contribution in [3.05, 3.63) is 18.7 Å². The summed E-state index contributed by atoms with van der Waals surface area (Å²) in [4.78, 5) is 5.84. The molecule has 0 aromatic carbocycles.